The summed E-state index contributed by atoms with van der Waals surface area (Å²) in [5, 5.41) is 26.7. The van der Waals surface area contributed by atoms with Gasteiger partial charge in [-0.25, -0.2) is 5.01 Å². The number of likely N-dealkylation sites (N-methyl/N-ethyl adjacent to an activating group) is 1. The van der Waals surface area contributed by atoms with Gasteiger partial charge in [0.2, 0.25) is 17.7 Å². The van der Waals surface area contributed by atoms with Gasteiger partial charge in [0.05, 0.1) is 18.2 Å². The van der Waals surface area contributed by atoms with Gasteiger partial charge < -0.3 is 20.4 Å². The van der Waals surface area contributed by atoms with Crippen LogP contribution in [0.3, 0.4) is 0 Å². The molecule has 3 fully saturated rings. The Bertz CT molecular complexity index is 976. The van der Waals surface area contributed by atoms with Gasteiger partial charge in [-0.2, -0.15) is 0 Å². The van der Waals surface area contributed by atoms with Crippen molar-refractivity contribution in [2.24, 2.45) is 29.6 Å². The molecule has 0 heterocycles. The average molecular weight is 631 g/mol. The summed E-state index contributed by atoms with van der Waals surface area (Å²) in [4.78, 5) is 42.5. The van der Waals surface area contributed by atoms with Crippen LogP contribution in [0.2, 0.25) is 0 Å². The van der Waals surface area contributed by atoms with E-state index in [1.165, 1.54) is 6.42 Å². The number of amides is 3. The summed E-state index contributed by atoms with van der Waals surface area (Å²) < 4.78 is 0. The van der Waals surface area contributed by atoms with Crippen molar-refractivity contribution in [2.45, 2.75) is 142 Å². The molecule has 3 aliphatic rings. The summed E-state index contributed by atoms with van der Waals surface area (Å²) in [6.45, 7) is 10.1. The average Bonchev–Trinajstić information content (AvgIpc) is 3.04. The minimum atomic E-state index is -0.885. The van der Waals surface area contributed by atoms with Crippen LogP contribution in [0, 0.1) is 41.4 Å². The number of hydrogen-bond acceptors (Lipinski definition) is 6. The molecular formula is C36H62N4O5. The molecule has 0 aliphatic heterocycles. The first-order valence-electron chi connectivity index (χ1n) is 18.1. The summed E-state index contributed by atoms with van der Waals surface area (Å²) in [6.07, 6.45) is 11.3. The Labute approximate surface area is 272 Å². The van der Waals surface area contributed by atoms with Gasteiger partial charge in [0.25, 0.3) is 0 Å². The Balaban J connectivity index is 1.73. The first-order valence-corrected chi connectivity index (χ1v) is 18.1. The minimum Gasteiger partial charge on any atom is -0.393 e. The zero-order chi connectivity index (χ0) is 32.8. The van der Waals surface area contributed by atoms with Crippen molar-refractivity contribution in [3.05, 3.63) is 0 Å². The van der Waals surface area contributed by atoms with Crippen molar-refractivity contribution in [2.75, 3.05) is 26.2 Å². The van der Waals surface area contributed by atoms with Gasteiger partial charge in [-0.15, -0.1) is 11.8 Å². The molecule has 5 atom stereocenters. The molecule has 0 aromatic carbocycles. The maximum absolute atomic E-state index is 14.0. The van der Waals surface area contributed by atoms with Crippen molar-refractivity contribution >= 4 is 17.7 Å². The van der Waals surface area contributed by atoms with Gasteiger partial charge >= 0.3 is 0 Å². The minimum absolute atomic E-state index is 0.0146. The molecule has 0 aromatic rings. The fraction of sp³-hybridized carbons (Fsp3) is 0.861. The highest BCUT2D eigenvalue weighted by Crippen LogP contribution is 2.35. The Morgan fingerprint density at radius 1 is 0.844 bits per heavy atom. The fourth-order valence-corrected chi connectivity index (χ4v) is 7.76. The van der Waals surface area contributed by atoms with E-state index >= 15 is 0 Å². The topological polar surface area (TPSA) is 122 Å². The third-order valence-electron chi connectivity index (χ3n) is 10.3. The molecule has 0 spiro atoms. The molecule has 0 bridgehead atoms. The molecule has 5 unspecified atom stereocenters. The molecule has 4 N–H and O–H groups in total. The standard InChI is InChI=1S/C36H62N4O5/c1-5-12-27-21-29(24-30(22-27)36(45)39(19-6-2)20-7-3)34(43)37-32(23-26-15-17-31(41)18-16-26)33(42)25-40(8-4)38-35(44)28-13-10-9-11-14-28/h26-33,41-42H,6-11,13-25H2,1-4H3,(H,37,43)(H,38,44). The van der Waals surface area contributed by atoms with E-state index in [0.717, 1.165) is 77.3 Å². The quantitative estimate of drug-likeness (QED) is 0.157. The number of nitrogens with one attached hydrogen (secondary N) is 2. The van der Waals surface area contributed by atoms with Crippen LogP contribution in [0.4, 0.5) is 0 Å². The Kier molecular flexibility index (Phi) is 16.2. The fourth-order valence-electron chi connectivity index (χ4n) is 7.76. The molecule has 3 saturated carbocycles. The molecular weight excluding hydrogens is 568 g/mol. The number of rotatable bonds is 15. The number of carbonyl (C=O) groups is 3. The lowest BCUT2D eigenvalue weighted by molar-refractivity contribution is -0.139. The van der Waals surface area contributed by atoms with Crippen molar-refractivity contribution in [1.82, 2.24) is 20.7 Å². The molecule has 0 aromatic heterocycles. The summed E-state index contributed by atoms with van der Waals surface area (Å²) in [5.74, 6) is 5.98. The van der Waals surface area contributed by atoms with E-state index in [9.17, 15) is 24.6 Å². The first kappa shape index (κ1) is 37.3. The van der Waals surface area contributed by atoms with Gasteiger partial charge in [-0.3, -0.25) is 19.8 Å². The summed E-state index contributed by atoms with van der Waals surface area (Å²) in [5.41, 5.74) is 3.05. The van der Waals surface area contributed by atoms with E-state index in [1.54, 1.807) is 11.9 Å². The molecule has 3 amide bonds. The first-order chi connectivity index (χ1) is 21.7. The maximum Gasteiger partial charge on any atom is 0.237 e. The van der Waals surface area contributed by atoms with Crippen LogP contribution in [0.1, 0.15) is 124 Å². The maximum atomic E-state index is 14.0. The molecule has 45 heavy (non-hydrogen) atoms. The third-order valence-corrected chi connectivity index (χ3v) is 10.3. The van der Waals surface area contributed by atoms with Crippen molar-refractivity contribution in [1.29, 1.82) is 0 Å². The van der Waals surface area contributed by atoms with Crippen LogP contribution in [0.5, 0.6) is 0 Å². The lowest BCUT2D eigenvalue weighted by atomic mass is 9.74. The molecule has 9 heteroatoms. The van der Waals surface area contributed by atoms with E-state index in [2.05, 4.69) is 36.4 Å². The Morgan fingerprint density at radius 3 is 2.09 bits per heavy atom. The number of aliphatic hydroxyl groups excluding tert-OH is 2. The number of hydrogen-bond donors (Lipinski definition) is 4. The summed E-state index contributed by atoms with van der Waals surface area (Å²) in [7, 11) is 0. The molecule has 3 rings (SSSR count). The van der Waals surface area contributed by atoms with Crippen LogP contribution in [-0.4, -0.2) is 82.3 Å². The third kappa shape index (κ3) is 11.9. The highest BCUT2D eigenvalue weighted by molar-refractivity contribution is 5.83. The van der Waals surface area contributed by atoms with E-state index in [4.69, 9.17) is 0 Å². The van der Waals surface area contributed by atoms with Crippen LogP contribution in [-0.2, 0) is 14.4 Å². The Hall–Kier alpha value is -2.15. The summed E-state index contributed by atoms with van der Waals surface area (Å²) in [6, 6.07) is -0.498. The number of carbonyl (C=O) groups excluding carboxylic acids is 3. The van der Waals surface area contributed by atoms with E-state index in [-0.39, 0.29) is 60.0 Å². The Morgan fingerprint density at radius 2 is 1.49 bits per heavy atom. The second kappa shape index (κ2) is 19.5. The molecule has 9 nitrogen and oxygen atoms in total. The monoisotopic (exact) mass is 630 g/mol. The SMILES string of the molecule is CC#CC1CC(C(=O)NC(CC2CCC(O)CC2)C(O)CN(CC)NC(=O)C2CCCCC2)CC(C(=O)N(CCC)CCC)C1. The van der Waals surface area contributed by atoms with Gasteiger partial charge in [-0.1, -0.05) is 40.0 Å². The predicted molar refractivity (Wildman–Crippen MR) is 177 cm³/mol. The van der Waals surface area contributed by atoms with Crippen molar-refractivity contribution in [3.8, 4) is 11.8 Å². The lowest BCUT2D eigenvalue weighted by Gasteiger charge is -2.37. The second-order valence-corrected chi connectivity index (χ2v) is 14.0. The van der Waals surface area contributed by atoms with Crippen molar-refractivity contribution < 1.29 is 24.6 Å². The smallest absolute Gasteiger partial charge is 0.237 e. The predicted octanol–water partition coefficient (Wildman–Crippen LogP) is 4.41. The van der Waals surface area contributed by atoms with Gasteiger partial charge in [0.15, 0.2) is 0 Å². The van der Waals surface area contributed by atoms with Gasteiger partial charge in [0.1, 0.15) is 0 Å². The zero-order valence-electron chi connectivity index (χ0n) is 28.6. The molecule has 0 radical (unpaired) electrons. The van der Waals surface area contributed by atoms with Crippen LogP contribution < -0.4 is 10.7 Å². The largest absolute Gasteiger partial charge is 0.393 e. The molecule has 0 saturated heterocycles. The molecule has 256 valence electrons. The highest BCUT2D eigenvalue weighted by Gasteiger charge is 2.39. The van der Waals surface area contributed by atoms with Gasteiger partial charge in [0, 0.05) is 49.9 Å². The highest BCUT2D eigenvalue weighted by atomic mass is 16.3. The number of nitrogens with zero attached hydrogens (tertiary/aromatic N) is 2. The number of hydrazine groups is 1. The number of aliphatic hydroxyl groups is 2. The zero-order valence-corrected chi connectivity index (χ0v) is 28.6. The van der Waals surface area contributed by atoms with E-state index in [0.29, 0.717) is 32.2 Å². The second-order valence-electron chi connectivity index (χ2n) is 14.0. The normalized spacial score (nSPS) is 27.1. The molecule has 3 aliphatic carbocycles. The van der Waals surface area contributed by atoms with Crippen LogP contribution in [0.15, 0.2) is 0 Å². The van der Waals surface area contributed by atoms with Gasteiger partial charge in [-0.05, 0) is 89.9 Å². The van der Waals surface area contributed by atoms with Crippen LogP contribution >= 0.6 is 0 Å². The lowest BCUT2D eigenvalue weighted by Crippen LogP contribution is -2.55. The van der Waals surface area contributed by atoms with Crippen molar-refractivity contribution in [3.63, 3.8) is 0 Å². The van der Waals surface area contributed by atoms with E-state index in [1.807, 2.05) is 11.8 Å². The van der Waals surface area contributed by atoms with Crippen LogP contribution in [0.25, 0.3) is 0 Å². The summed E-state index contributed by atoms with van der Waals surface area (Å²) >= 11 is 0. The van der Waals surface area contributed by atoms with E-state index < -0.39 is 12.1 Å².